The van der Waals surface area contributed by atoms with E-state index in [-0.39, 0.29) is 29.3 Å². The van der Waals surface area contributed by atoms with Gasteiger partial charge in [0.25, 0.3) is 0 Å². The van der Waals surface area contributed by atoms with Gasteiger partial charge in [0.05, 0.1) is 5.02 Å². The summed E-state index contributed by atoms with van der Waals surface area (Å²) in [4.78, 5) is 7.48. The van der Waals surface area contributed by atoms with Crippen molar-refractivity contribution in [1.82, 2.24) is 0 Å². The smallest absolute Gasteiger partial charge is 0.218 e. The Morgan fingerprint density at radius 3 is 2.50 bits per heavy atom. The largest absolute Gasteiger partial charge is 0.370 e. The van der Waals surface area contributed by atoms with E-state index in [4.69, 9.17) is 28.8 Å². The summed E-state index contributed by atoms with van der Waals surface area (Å²) in [6, 6.07) is 4.48. The molecule has 1 aromatic carbocycles. The van der Waals surface area contributed by atoms with Gasteiger partial charge >= 0.3 is 0 Å². The predicted molar refractivity (Wildman–Crippen MR) is 74.7 cm³/mol. The number of nitrogens with two attached hydrogens (primary N) is 3. The van der Waals surface area contributed by atoms with Gasteiger partial charge in [0, 0.05) is 6.54 Å². The number of nitrogens with zero attached hydrogens (tertiary/aromatic N) is 2. The van der Waals surface area contributed by atoms with Crippen LogP contribution in [0.2, 0.25) is 5.02 Å². The Morgan fingerprint density at radius 2 is 1.94 bits per heavy atom. The molecule has 0 saturated carbocycles. The van der Waals surface area contributed by atoms with E-state index >= 15 is 0 Å². The van der Waals surface area contributed by atoms with E-state index in [0.717, 1.165) is 5.56 Å². The second kappa shape index (κ2) is 7.73. The van der Waals surface area contributed by atoms with Crippen molar-refractivity contribution in [3.63, 3.8) is 0 Å². The van der Waals surface area contributed by atoms with Crippen LogP contribution in [0.1, 0.15) is 5.56 Å². The lowest BCUT2D eigenvalue weighted by molar-refractivity contribution is 0.627. The third-order valence-corrected chi connectivity index (χ3v) is 2.19. The van der Waals surface area contributed by atoms with Crippen LogP contribution in [0.4, 0.5) is 4.39 Å². The van der Waals surface area contributed by atoms with Gasteiger partial charge < -0.3 is 17.2 Å². The van der Waals surface area contributed by atoms with Crippen LogP contribution in [0.15, 0.2) is 28.2 Å². The average Bonchev–Trinajstić information content (AvgIpc) is 2.22. The van der Waals surface area contributed by atoms with Gasteiger partial charge in [0.2, 0.25) is 5.96 Å². The quantitative estimate of drug-likeness (QED) is 0.573. The summed E-state index contributed by atoms with van der Waals surface area (Å²) in [6.45, 7) is 0.393. The molecule has 8 heteroatoms. The molecule has 0 aromatic heterocycles. The van der Waals surface area contributed by atoms with Crippen LogP contribution in [0.3, 0.4) is 0 Å². The zero-order chi connectivity index (χ0) is 12.8. The van der Waals surface area contributed by atoms with Gasteiger partial charge in [0.15, 0.2) is 5.96 Å². The minimum absolute atomic E-state index is 0. The van der Waals surface area contributed by atoms with Gasteiger partial charge in [-0.1, -0.05) is 17.7 Å². The number of guanidine groups is 2. The van der Waals surface area contributed by atoms with Crippen LogP contribution < -0.4 is 17.2 Å². The zero-order valence-electron chi connectivity index (χ0n) is 9.44. The van der Waals surface area contributed by atoms with Crippen molar-refractivity contribution in [2.45, 2.75) is 6.42 Å². The van der Waals surface area contributed by atoms with Crippen LogP contribution in [0.25, 0.3) is 0 Å². The Bertz CT molecular complexity index is 458. The Morgan fingerprint density at radius 1 is 1.28 bits per heavy atom. The number of hydrogen-bond acceptors (Lipinski definition) is 1. The zero-order valence-corrected chi connectivity index (χ0v) is 11.0. The van der Waals surface area contributed by atoms with E-state index in [0.29, 0.717) is 13.0 Å². The number of halogens is 3. The third-order valence-electron chi connectivity index (χ3n) is 1.90. The molecule has 0 atom stereocenters. The number of benzene rings is 1. The molecule has 0 bridgehead atoms. The van der Waals surface area contributed by atoms with Crippen molar-refractivity contribution in [3.05, 3.63) is 34.6 Å². The normalized spacial score (nSPS) is 10.7. The van der Waals surface area contributed by atoms with E-state index in [9.17, 15) is 4.39 Å². The molecule has 0 aliphatic carbocycles. The summed E-state index contributed by atoms with van der Waals surface area (Å²) < 4.78 is 12.9. The Kier molecular flexibility index (Phi) is 7.07. The molecule has 0 heterocycles. The van der Waals surface area contributed by atoms with Gasteiger partial charge in [0.1, 0.15) is 5.82 Å². The van der Waals surface area contributed by atoms with Crippen molar-refractivity contribution in [3.8, 4) is 0 Å². The van der Waals surface area contributed by atoms with E-state index in [1.165, 1.54) is 6.07 Å². The highest BCUT2D eigenvalue weighted by atomic mass is 35.5. The Hall–Kier alpha value is -1.53. The lowest BCUT2D eigenvalue weighted by Crippen LogP contribution is -2.26. The van der Waals surface area contributed by atoms with Crippen molar-refractivity contribution >= 4 is 35.9 Å². The van der Waals surface area contributed by atoms with Gasteiger partial charge in [-0.15, -0.1) is 12.4 Å². The lowest BCUT2D eigenvalue weighted by Gasteiger charge is -2.00. The number of rotatable bonds is 3. The van der Waals surface area contributed by atoms with E-state index in [2.05, 4.69) is 9.98 Å². The molecule has 0 spiro atoms. The van der Waals surface area contributed by atoms with Crippen molar-refractivity contribution in [2.75, 3.05) is 6.54 Å². The molecule has 0 amide bonds. The molecular weight excluding hydrogens is 280 g/mol. The number of aliphatic imine (C=N–C) groups is 2. The molecule has 0 saturated heterocycles. The first-order valence-electron chi connectivity index (χ1n) is 4.82. The molecule has 0 unspecified atom stereocenters. The average molecular weight is 294 g/mol. The second-order valence-corrected chi connectivity index (χ2v) is 3.68. The maximum absolute atomic E-state index is 12.9. The SMILES string of the molecule is Cl.NC(N)=NC(N)=NCCc1ccc(F)c(Cl)c1. The van der Waals surface area contributed by atoms with E-state index in [1.54, 1.807) is 12.1 Å². The van der Waals surface area contributed by atoms with Gasteiger partial charge in [-0.2, -0.15) is 4.99 Å². The monoisotopic (exact) mass is 293 g/mol. The summed E-state index contributed by atoms with van der Waals surface area (Å²) in [5.74, 6) is -0.576. The lowest BCUT2D eigenvalue weighted by atomic mass is 10.1. The molecule has 0 aliphatic heterocycles. The number of hydrogen-bond donors (Lipinski definition) is 3. The highest BCUT2D eigenvalue weighted by Gasteiger charge is 2.00. The first-order valence-corrected chi connectivity index (χ1v) is 5.20. The Balaban J connectivity index is 0.00000289. The maximum atomic E-state index is 12.9. The summed E-state index contributed by atoms with van der Waals surface area (Å²) in [5.41, 5.74) is 16.5. The van der Waals surface area contributed by atoms with Gasteiger partial charge in [-0.25, -0.2) is 4.39 Å². The Labute approximate surface area is 115 Å². The fourth-order valence-electron chi connectivity index (χ4n) is 1.16. The predicted octanol–water partition coefficient (Wildman–Crippen LogP) is 1.03. The van der Waals surface area contributed by atoms with E-state index in [1.807, 2.05) is 0 Å². The van der Waals surface area contributed by atoms with Crippen LogP contribution >= 0.6 is 24.0 Å². The summed E-state index contributed by atoms with van der Waals surface area (Å²) in [7, 11) is 0. The topological polar surface area (TPSA) is 103 Å². The summed E-state index contributed by atoms with van der Waals surface area (Å²) in [5, 5.41) is 0.0867. The first-order chi connectivity index (χ1) is 7.99. The standard InChI is InChI=1S/C10H13ClFN5.ClH/c11-7-5-6(1-2-8(7)12)3-4-16-10(15)17-9(13)14;/h1-2,5H,3-4H2,(H6,13,14,15,16,17);1H. The van der Waals surface area contributed by atoms with Crippen LogP contribution in [0.5, 0.6) is 0 Å². The highest BCUT2D eigenvalue weighted by molar-refractivity contribution is 6.30. The molecule has 100 valence electrons. The molecule has 18 heavy (non-hydrogen) atoms. The molecule has 1 rings (SSSR count). The van der Waals surface area contributed by atoms with Gasteiger partial charge in [-0.05, 0) is 24.1 Å². The maximum Gasteiger partial charge on any atom is 0.218 e. The van der Waals surface area contributed by atoms with E-state index < -0.39 is 5.82 Å². The fraction of sp³-hybridized carbons (Fsp3) is 0.200. The molecule has 0 fully saturated rings. The molecular formula is C10H14Cl2FN5. The molecule has 1 aromatic rings. The van der Waals surface area contributed by atoms with Crippen molar-refractivity contribution < 1.29 is 4.39 Å². The van der Waals surface area contributed by atoms with Crippen LogP contribution in [-0.2, 0) is 6.42 Å². The minimum atomic E-state index is -0.445. The van der Waals surface area contributed by atoms with Crippen molar-refractivity contribution in [1.29, 1.82) is 0 Å². The van der Waals surface area contributed by atoms with Crippen molar-refractivity contribution in [2.24, 2.45) is 27.2 Å². The fourth-order valence-corrected chi connectivity index (χ4v) is 1.37. The minimum Gasteiger partial charge on any atom is -0.370 e. The first kappa shape index (κ1) is 16.5. The molecule has 6 N–H and O–H groups in total. The highest BCUT2D eigenvalue weighted by Crippen LogP contribution is 2.16. The summed E-state index contributed by atoms with van der Waals surface area (Å²) in [6.07, 6.45) is 0.570. The molecule has 5 nitrogen and oxygen atoms in total. The van der Waals surface area contributed by atoms with Crippen LogP contribution in [-0.4, -0.2) is 18.5 Å². The third kappa shape index (κ3) is 5.70. The molecule has 0 aliphatic rings. The van der Waals surface area contributed by atoms with Crippen LogP contribution in [0, 0.1) is 5.82 Å². The van der Waals surface area contributed by atoms with Gasteiger partial charge in [-0.3, -0.25) is 4.99 Å². The summed E-state index contributed by atoms with van der Waals surface area (Å²) >= 11 is 5.63. The second-order valence-electron chi connectivity index (χ2n) is 3.28. The molecule has 0 radical (unpaired) electrons.